The minimum atomic E-state index is 0.543. The topological polar surface area (TPSA) is 12.0 Å². The summed E-state index contributed by atoms with van der Waals surface area (Å²) in [6.45, 7) is 7.71. The molecular weight excluding hydrogens is 250 g/mol. The molecule has 0 heterocycles. The zero-order chi connectivity index (χ0) is 11.0. The van der Waals surface area contributed by atoms with E-state index in [2.05, 4.69) is 54.2 Å². The third-order valence-electron chi connectivity index (χ3n) is 3.23. The van der Waals surface area contributed by atoms with Crippen LogP contribution in [0.25, 0.3) is 0 Å². The Balaban J connectivity index is 2.43. The Morgan fingerprint density at radius 1 is 1.47 bits per heavy atom. The number of nitrogens with one attached hydrogen (secondary N) is 1. The summed E-state index contributed by atoms with van der Waals surface area (Å²) in [5.74, 6) is 0.707. The number of hydrogen-bond donors (Lipinski definition) is 1. The van der Waals surface area contributed by atoms with Crippen LogP contribution in [0.5, 0.6) is 0 Å². The molecule has 1 aromatic rings. The molecule has 0 saturated heterocycles. The predicted molar refractivity (Wildman–Crippen MR) is 68.2 cm³/mol. The molecule has 0 fully saturated rings. The van der Waals surface area contributed by atoms with E-state index in [1.165, 1.54) is 27.6 Å². The van der Waals surface area contributed by atoms with E-state index in [1.54, 1.807) is 0 Å². The standard InChI is InChI=1S/C13H18BrN/c1-4-15-13-9(3)7-10-11(13)5-8(2)6-12(10)14/h5-6,9,13,15H,4,7H2,1-3H3. The van der Waals surface area contributed by atoms with Gasteiger partial charge in [0.15, 0.2) is 0 Å². The Morgan fingerprint density at radius 2 is 2.20 bits per heavy atom. The van der Waals surface area contributed by atoms with Crippen molar-refractivity contribution in [2.45, 2.75) is 33.2 Å². The second-order valence-electron chi connectivity index (χ2n) is 4.53. The minimum Gasteiger partial charge on any atom is -0.310 e. The second-order valence-corrected chi connectivity index (χ2v) is 5.39. The van der Waals surface area contributed by atoms with Crippen molar-refractivity contribution in [1.82, 2.24) is 5.32 Å². The van der Waals surface area contributed by atoms with Crippen molar-refractivity contribution in [3.63, 3.8) is 0 Å². The van der Waals surface area contributed by atoms with Gasteiger partial charge in [-0.05, 0) is 48.6 Å². The summed E-state index contributed by atoms with van der Waals surface area (Å²) in [5.41, 5.74) is 4.34. The Kier molecular flexibility index (Phi) is 3.17. The monoisotopic (exact) mass is 267 g/mol. The van der Waals surface area contributed by atoms with Crippen LogP contribution in [0.4, 0.5) is 0 Å². The molecule has 1 N–H and O–H groups in total. The molecule has 0 aliphatic heterocycles. The van der Waals surface area contributed by atoms with Gasteiger partial charge in [0.2, 0.25) is 0 Å². The van der Waals surface area contributed by atoms with E-state index in [-0.39, 0.29) is 0 Å². The number of hydrogen-bond acceptors (Lipinski definition) is 1. The molecule has 1 aliphatic carbocycles. The molecule has 15 heavy (non-hydrogen) atoms. The zero-order valence-electron chi connectivity index (χ0n) is 9.60. The van der Waals surface area contributed by atoms with E-state index in [9.17, 15) is 0 Å². The molecule has 0 bridgehead atoms. The molecule has 2 rings (SSSR count). The van der Waals surface area contributed by atoms with E-state index < -0.39 is 0 Å². The smallest absolute Gasteiger partial charge is 0.0352 e. The summed E-state index contributed by atoms with van der Waals surface area (Å²) in [4.78, 5) is 0. The van der Waals surface area contributed by atoms with Crippen molar-refractivity contribution in [3.05, 3.63) is 33.3 Å². The van der Waals surface area contributed by atoms with Crippen LogP contribution >= 0.6 is 15.9 Å². The largest absolute Gasteiger partial charge is 0.310 e. The predicted octanol–water partition coefficient (Wildman–Crippen LogP) is 3.60. The average molecular weight is 268 g/mol. The molecule has 0 amide bonds. The third-order valence-corrected chi connectivity index (χ3v) is 3.94. The van der Waals surface area contributed by atoms with Gasteiger partial charge in [0.05, 0.1) is 0 Å². The first-order chi connectivity index (χ1) is 7.13. The van der Waals surface area contributed by atoms with Gasteiger partial charge in [-0.1, -0.05) is 35.8 Å². The van der Waals surface area contributed by atoms with Crippen LogP contribution in [-0.4, -0.2) is 6.54 Å². The Bertz CT molecular complexity index is 373. The van der Waals surface area contributed by atoms with E-state index in [0.29, 0.717) is 12.0 Å². The molecule has 0 spiro atoms. The molecule has 0 radical (unpaired) electrons. The van der Waals surface area contributed by atoms with Crippen LogP contribution in [0, 0.1) is 12.8 Å². The molecule has 1 nitrogen and oxygen atoms in total. The number of halogens is 1. The van der Waals surface area contributed by atoms with Gasteiger partial charge in [0, 0.05) is 10.5 Å². The molecule has 1 aliphatic rings. The summed E-state index contributed by atoms with van der Waals surface area (Å²) in [7, 11) is 0. The molecule has 0 aromatic heterocycles. The van der Waals surface area contributed by atoms with Crippen LogP contribution in [-0.2, 0) is 6.42 Å². The fourth-order valence-corrected chi connectivity index (χ4v) is 3.32. The molecule has 2 heteroatoms. The lowest BCUT2D eigenvalue weighted by Gasteiger charge is -2.17. The van der Waals surface area contributed by atoms with Gasteiger partial charge in [0.25, 0.3) is 0 Å². The van der Waals surface area contributed by atoms with Crippen molar-refractivity contribution >= 4 is 15.9 Å². The van der Waals surface area contributed by atoms with Crippen molar-refractivity contribution < 1.29 is 0 Å². The second kappa shape index (κ2) is 4.26. The maximum atomic E-state index is 3.68. The number of fused-ring (bicyclic) bond motifs is 1. The maximum absolute atomic E-state index is 3.68. The Hall–Kier alpha value is -0.340. The van der Waals surface area contributed by atoms with Crippen molar-refractivity contribution in [2.24, 2.45) is 5.92 Å². The number of rotatable bonds is 2. The minimum absolute atomic E-state index is 0.543. The quantitative estimate of drug-likeness (QED) is 0.864. The summed E-state index contributed by atoms with van der Waals surface area (Å²) in [6.07, 6.45) is 1.19. The fourth-order valence-electron chi connectivity index (χ4n) is 2.57. The number of aryl methyl sites for hydroxylation is 1. The lowest BCUT2D eigenvalue weighted by atomic mass is 10.0. The lowest BCUT2D eigenvalue weighted by molar-refractivity contribution is 0.426. The van der Waals surface area contributed by atoms with Crippen LogP contribution < -0.4 is 5.32 Å². The van der Waals surface area contributed by atoms with Crippen LogP contribution in [0.3, 0.4) is 0 Å². The summed E-state index contributed by atoms with van der Waals surface area (Å²) < 4.78 is 1.28. The zero-order valence-corrected chi connectivity index (χ0v) is 11.2. The van der Waals surface area contributed by atoms with E-state index in [0.717, 1.165) is 6.54 Å². The summed E-state index contributed by atoms with van der Waals surface area (Å²) in [5, 5.41) is 3.58. The third kappa shape index (κ3) is 1.98. The van der Waals surface area contributed by atoms with Gasteiger partial charge in [-0.2, -0.15) is 0 Å². The first-order valence-electron chi connectivity index (χ1n) is 5.65. The first kappa shape index (κ1) is 11.2. The summed E-state index contributed by atoms with van der Waals surface area (Å²) in [6, 6.07) is 5.10. The lowest BCUT2D eigenvalue weighted by Crippen LogP contribution is -2.23. The van der Waals surface area contributed by atoms with Crippen molar-refractivity contribution in [1.29, 1.82) is 0 Å². The number of benzene rings is 1. The van der Waals surface area contributed by atoms with Gasteiger partial charge in [-0.3, -0.25) is 0 Å². The highest BCUT2D eigenvalue weighted by atomic mass is 79.9. The Labute approximate surface area is 100 Å². The summed E-state index contributed by atoms with van der Waals surface area (Å²) >= 11 is 3.68. The van der Waals surface area contributed by atoms with Crippen molar-refractivity contribution in [3.8, 4) is 0 Å². The molecule has 1 aromatic carbocycles. The highest BCUT2D eigenvalue weighted by Crippen LogP contribution is 2.40. The van der Waals surface area contributed by atoms with Gasteiger partial charge in [-0.15, -0.1) is 0 Å². The molecular formula is C13H18BrN. The fraction of sp³-hybridized carbons (Fsp3) is 0.538. The molecule has 2 unspecified atom stereocenters. The van der Waals surface area contributed by atoms with E-state index in [4.69, 9.17) is 0 Å². The SMILES string of the molecule is CCNC1c2cc(C)cc(Br)c2CC1C. The van der Waals surface area contributed by atoms with Crippen LogP contribution in [0.15, 0.2) is 16.6 Å². The maximum Gasteiger partial charge on any atom is 0.0352 e. The van der Waals surface area contributed by atoms with E-state index in [1.807, 2.05) is 0 Å². The van der Waals surface area contributed by atoms with Gasteiger partial charge in [0.1, 0.15) is 0 Å². The molecule has 2 atom stereocenters. The van der Waals surface area contributed by atoms with Crippen LogP contribution in [0.1, 0.15) is 36.6 Å². The van der Waals surface area contributed by atoms with Gasteiger partial charge < -0.3 is 5.32 Å². The Morgan fingerprint density at radius 3 is 2.87 bits per heavy atom. The highest BCUT2D eigenvalue weighted by molar-refractivity contribution is 9.10. The highest BCUT2D eigenvalue weighted by Gasteiger charge is 2.30. The normalized spacial score (nSPS) is 24.3. The molecule has 0 saturated carbocycles. The van der Waals surface area contributed by atoms with Crippen LogP contribution in [0.2, 0.25) is 0 Å². The molecule has 82 valence electrons. The van der Waals surface area contributed by atoms with Crippen molar-refractivity contribution in [2.75, 3.05) is 6.54 Å². The average Bonchev–Trinajstić information content (AvgIpc) is 2.46. The first-order valence-corrected chi connectivity index (χ1v) is 6.45. The van der Waals surface area contributed by atoms with Gasteiger partial charge >= 0.3 is 0 Å². The van der Waals surface area contributed by atoms with Gasteiger partial charge in [-0.25, -0.2) is 0 Å². The van der Waals surface area contributed by atoms with E-state index >= 15 is 0 Å².